The van der Waals surface area contributed by atoms with Gasteiger partial charge in [0.1, 0.15) is 16.3 Å². The molecule has 1 N–H and O–H groups in total. The van der Waals surface area contributed by atoms with E-state index >= 15 is 0 Å². The third kappa shape index (κ3) is 3.69. The second kappa shape index (κ2) is 8.29. The number of amides is 1. The van der Waals surface area contributed by atoms with Gasteiger partial charge in [-0.2, -0.15) is 0 Å². The number of nitrogens with zero attached hydrogens (tertiary/aromatic N) is 6. The molecule has 1 aliphatic carbocycles. The van der Waals surface area contributed by atoms with E-state index in [1.807, 2.05) is 34.2 Å². The summed E-state index contributed by atoms with van der Waals surface area (Å²) in [5.74, 6) is 1.60. The normalized spacial score (nSPS) is 17.7. The zero-order valence-corrected chi connectivity index (χ0v) is 19.4. The lowest BCUT2D eigenvalue weighted by Crippen LogP contribution is -2.44. The Morgan fingerprint density at radius 2 is 1.97 bits per heavy atom. The average Bonchev–Trinajstić information content (AvgIpc) is 3.55. The first-order chi connectivity index (χ1) is 16.2. The number of carbonyl (C=O) groups excluding carboxylic acids is 1. The summed E-state index contributed by atoms with van der Waals surface area (Å²) in [7, 11) is 0. The van der Waals surface area contributed by atoms with Crippen molar-refractivity contribution in [2.75, 3.05) is 0 Å². The van der Waals surface area contributed by atoms with E-state index in [1.54, 1.807) is 24.7 Å². The predicted octanol–water partition coefficient (Wildman–Crippen LogP) is 4.72. The number of nitrogens with one attached hydrogen (secondary N) is 1. The fourth-order valence-electron chi connectivity index (χ4n) is 4.05. The summed E-state index contributed by atoms with van der Waals surface area (Å²) in [6.45, 7) is 0. The van der Waals surface area contributed by atoms with E-state index in [2.05, 4.69) is 30.5 Å². The van der Waals surface area contributed by atoms with Crippen molar-refractivity contribution in [3.63, 3.8) is 0 Å². The molecule has 164 valence electrons. The van der Waals surface area contributed by atoms with Gasteiger partial charge in [0.05, 0.1) is 15.4 Å². The van der Waals surface area contributed by atoms with Crippen LogP contribution in [0.1, 0.15) is 34.9 Å². The summed E-state index contributed by atoms with van der Waals surface area (Å²) in [4.78, 5) is 25.9. The number of rotatable bonds is 5. The van der Waals surface area contributed by atoms with Crippen LogP contribution in [0.3, 0.4) is 0 Å². The van der Waals surface area contributed by atoms with Crippen LogP contribution < -0.4 is 5.32 Å². The molecule has 0 spiro atoms. The standard InChI is InChI=1S/C22H16ClN7OS2/c23-16-3-4-17(33-16)30-19(28-29-20(30)22-26-8-9-32-22)12-10-13(11-12)27-21(31)14-5-7-24-15-2-1-6-25-18(14)15/h1-9,12-13H,10-11H2,(H,27,31). The summed E-state index contributed by atoms with van der Waals surface area (Å²) in [5, 5.41) is 15.7. The van der Waals surface area contributed by atoms with Crippen molar-refractivity contribution < 1.29 is 4.79 Å². The summed E-state index contributed by atoms with van der Waals surface area (Å²) in [6, 6.07) is 9.25. The zero-order chi connectivity index (χ0) is 22.4. The number of hydrogen-bond donors (Lipinski definition) is 1. The molecule has 0 atom stereocenters. The molecule has 0 saturated heterocycles. The van der Waals surface area contributed by atoms with Crippen molar-refractivity contribution in [2.45, 2.75) is 24.8 Å². The summed E-state index contributed by atoms with van der Waals surface area (Å²) >= 11 is 9.20. The van der Waals surface area contributed by atoms with Crippen LogP contribution >= 0.6 is 34.3 Å². The number of carbonyl (C=O) groups is 1. The third-order valence-electron chi connectivity index (χ3n) is 5.67. The molecule has 33 heavy (non-hydrogen) atoms. The van der Waals surface area contributed by atoms with Crippen molar-refractivity contribution >= 4 is 51.2 Å². The first-order valence-corrected chi connectivity index (χ1v) is 12.4. The van der Waals surface area contributed by atoms with Crippen LogP contribution in [0, 0.1) is 0 Å². The Bertz CT molecular complexity index is 1450. The van der Waals surface area contributed by atoms with Crippen molar-refractivity contribution in [2.24, 2.45) is 0 Å². The van der Waals surface area contributed by atoms with Crippen LogP contribution in [-0.4, -0.2) is 41.7 Å². The largest absolute Gasteiger partial charge is 0.349 e. The Morgan fingerprint density at radius 3 is 2.76 bits per heavy atom. The van der Waals surface area contributed by atoms with Crippen LogP contribution in [0.15, 0.2) is 54.3 Å². The van der Waals surface area contributed by atoms with E-state index in [4.69, 9.17) is 11.6 Å². The molecule has 0 aromatic carbocycles. The number of thiazole rings is 1. The Hall–Kier alpha value is -3.21. The van der Waals surface area contributed by atoms with Gasteiger partial charge < -0.3 is 5.32 Å². The van der Waals surface area contributed by atoms with Gasteiger partial charge in [0.25, 0.3) is 5.91 Å². The maximum Gasteiger partial charge on any atom is 0.253 e. The molecule has 5 aromatic heterocycles. The third-order valence-corrected chi connectivity index (χ3v) is 7.66. The van der Waals surface area contributed by atoms with Crippen molar-refractivity contribution in [1.82, 2.24) is 35.0 Å². The van der Waals surface area contributed by atoms with Crippen molar-refractivity contribution in [3.05, 3.63) is 70.0 Å². The van der Waals surface area contributed by atoms with Gasteiger partial charge in [-0.25, -0.2) is 4.98 Å². The van der Waals surface area contributed by atoms with Gasteiger partial charge in [0.2, 0.25) is 0 Å². The molecule has 1 aliphatic rings. The quantitative estimate of drug-likeness (QED) is 0.380. The molecule has 0 unspecified atom stereocenters. The van der Waals surface area contributed by atoms with E-state index in [0.717, 1.165) is 28.7 Å². The van der Waals surface area contributed by atoms with E-state index < -0.39 is 0 Å². The molecule has 1 amide bonds. The van der Waals surface area contributed by atoms with Gasteiger partial charge in [-0.1, -0.05) is 11.6 Å². The number of fused-ring (bicyclic) bond motifs is 1. The lowest BCUT2D eigenvalue weighted by atomic mass is 9.79. The van der Waals surface area contributed by atoms with Crippen LogP contribution in [0.4, 0.5) is 0 Å². The van der Waals surface area contributed by atoms with Crippen LogP contribution in [0.2, 0.25) is 4.34 Å². The fourth-order valence-corrected chi connectivity index (χ4v) is 5.70. The van der Waals surface area contributed by atoms with E-state index in [1.165, 1.54) is 22.7 Å². The molecule has 0 bridgehead atoms. The van der Waals surface area contributed by atoms with Gasteiger partial charge in [0.15, 0.2) is 10.8 Å². The highest BCUT2D eigenvalue weighted by Crippen LogP contribution is 2.40. The monoisotopic (exact) mass is 493 g/mol. The zero-order valence-electron chi connectivity index (χ0n) is 17.1. The van der Waals surface area contributed by atoms with Crippen LogP contribution in [-0.2, 0) is 0 Å². The van der Waals surface area contributed by atoms with Crippen molar-refractivity contribution in [1.29, 1.82) is 0 Å². The van der Waals surface area contributed by atoms with E-state index in [0.29, 0.717) is 26.8 Å². The highest BCUT2D eigenvalue weighted by atomic mass is 35.5. The van der Waals surface area contributed by atoms with Gasteiger partial charge >= 0.3 is 0 Å². The molecular formula is C22H16ClN7OS2. The Kier molecular flexibility index (Phi) is 5.12. The fraction of sp³-hybridized carbons (Fsp3) is 0.182. The maximum absolute atomic E-state index is 12.9. The second-order valence-corrected chi connectivity index (χ2v) is 10.3. The predicted molar refractivity (Wildman–Crippen MR) is 128 cm³/mol. The SMILES string of the molecule is O=C(NC1CC(c2nnc(-c3nccs3)n2-c2ccc(Cl)s2)C1)c1ccnc2cccnc12. The Labute approximate surface area is 201 Å². The lowest BCUT2D eigenvalue weighted by molar-refractivity contribution is 0.0908. The number of pyridine rings is 2. The number of thiophene rings is 1. The van der Waals surface area contributed by atoms with Crippen LogP contribution in [0.5, 0.6) is 0 Å². The molecular weight excluding hydrogens is 478 g/mol. The smallest absolute Gasteiger partial charge is 0.253 e. The van der Waals surface area contributed by atoms with Gasteiger partial charge in [-0.05, 0) is 43.2 Å². The Balaban J connectivity index is 1.23. The highest BCUT2D eigenvalue weighted by molar-refractivity contribution is 7.18. The van der Waals surface area contributed by atoms with Gasteiger partial charge in [-0.15, -0.1) is 32.9 Å². The molecule has 8 nitrogen and oxygen atoms in total. The van der Waals surface area contributed by atoms with Gasteiger partial charge in [0, 0.05) is 35.9 Å². The van der Waals surface area contributed by atoms with E-state index in [-0.39, 0.29) is 17.9 Å². The number of halogens is 1. The minimum Gasteiger partial charge on any atom is -0.349 e. The molecule has 5 heterocycles. The molecule has 6 rings (SSSR count). The van der Waals surface area contributed by atoms with Gasteiger partial charge in [-0.3, -0.25) is 19.3 Å². The Morgan fingerprint density at radius 1 is 1.06 bits per heavy atom. The van der Waals surface area contributed by atoms with E-state index in [9.17, 15) is 4.79 Å². The lowest BCUT2D eigenvalue weighted by Gasteiger charge is -2.35. The molecule has 11 heteroatoms. The first-order valence-electron chi connectivity index (χ1n) is 10.3. The molecule has 1 saturated carbocycles. The minimum atomic E-state index is -0.139. The number of hydrogen-bond acceptors (Lipinski definition) is 8. The molecule has 0 radical (unpaired) electrons. The second-order valence-electron chi connectivity index (χ2n) is 7.70. The summed E-state index contributed by atoms with van der Waals surface area (Å²) in [5.41, 5.74) is 1.84. The molecule has 1 fully saturated rings. The summed E-state index contributed by atoms with van der Waals surface area (Å²) < 4.78 is 2.74. The maximum atomic E-state index is 12.9. The average molecular weight is 494 g/mol. The highest BCUT2D eigenvalue weighted by Gasteiger charge is 2.36. The van der Waals surface area contributed by atoms with Crippen LogP contribution in [0.25, 0.3) is 26.9 Å². The molecule has 5 aromatic rings. The topological polar surface area (TPSA) is 98.5 Å². The number of aromatic nitrogens is 6. The van der Waals surface area contributed by atoms with Crippen molar-refractivity contribution in [3.8, 4) is 15.8 Å². The minimum absolute atomic E-state index is 0.0508. The first kappa shape index (κ1) is 20.4. The molecule has 0 aliphatic heterocycles. The summed E-state index contributed by atoms with van der Waals surface area (Å²) in [6.07, 6.45) is 6.61.